The number of aryl methyl sites for hydroxylation is 1. The van der Waals surface area contributed by atoms with Gasteiger partial charge >= 0.3 is 0 Å². The van der Waals surface area contributed by atoms with Gasteiger partial charge in [-0.25, -0.2) is 0 Å². The normalized spacial score (nSPS) is 12.0. The first-order valence-electron chi connectivity index (χ1n) is 4.07. The van der Waals surface area contributed by atoms with Crippen molar-refractivity contribution in [2.45, 2.75) is 13.3 Å². The maximum absolute atomic E-state index is 4.07. The number of aromatic nitrogens is 3. The molecule has 0 bridgehead atoms. The van der Waals surface area contributed by atoms with E-state index in [0.29, 0.717) is 0 Å². The SMILES string of the molecule is Cn1cc(CC(C)(CBr)CBr)nn1. The van der Waals surface area contributed by atoms with Gasteiger partial charge in [-0.2, -0.15) is 0 Å². The summed E-state index contributed by atoms with van der Waals surface area (Å²) in [6, 6.07) is 0. The molecule has 0 aliphatic rings. The van der Waals surface area contributed by atoms with Gasteiger partial charge in [0.25, 0.3) is 0 Å². The van der Waals surface area contributed by atoms with Crippen LogP contribution in [0.5, 0.6) is 0 Å². The summed E-state index contributed by atoms with van der Waals surface area (Å²) in [7, 11) is 1.89. The molecule has 1 heterocycles. The summed E-state index contributed by atoms with van der Waals surface area (Å²) in [6.07, 6.45) is 2.90. The Morgan fingerprint density at radius 3 is 2.46 bits per heavy atom. The van der Waals surface area contributed by atoms with Crippen molar-refractivity contribution < 1.29 is 0 Å². The second-order valence-electron chi connectivity index (χ2n) is 3.64. The number of hydrogen-bond acceptors (Lipinski definition) is 2. The van der Waals surface area contributed by atoms with Crippen LogP contribution in [0.2, 0.25) is 0 Å². The molecule has 0 saturated heterocycles. The Morgan fingerprint density at radius 2 is 2.08 bits per heavy atom. The zero-order valence-electron chi connectivity index (χ0n) is 7.80. The van der Waals surface area contributed by atoms with Gasteiger partial charge in [-0.05, 0) is 5.41 Å². The number of rotatable bonds is 4. The minimum atomic E-state index is 0.218. The van der Waals surface area contributed by atoms with Gasteiger partial charge in [0.1, 0.15) is 0 Å². The number of alkyl halides is 2. The Hall–Kier alpha value is 0.1000. The topological polar surface area (TPSA) is 30.7 Å². The third-order valence-corrected chi connectivity index (χ3v) is 4.61. The van der Waals surface area contributed by atoms with Crippen molar-refractivity contribution in [1.29, 1.82) is 0 Å². The molecule has 3 nitrogen and oxygen atoms in total. The van der Waals surface area contributed by atoms with Crippen LogP contribution in [0.1, 0.15) is 12.6 Å². The molecule has 0 fully saturated rings. The maximum atomic E-state index is 4.07. The molecular formula is C8H13Br2N3. The van der Waals surface area contributed by atoms with Crippen molar-refractivity contribution in [3.63, 3.8) is 0 Å². The monoisotopic (exact) mass is 309 g/mol. The highest BCUT2D eigenvalue weighted by Gasteiger charge is 2.23. The number of hydrogen-bond donors (Lipinski definition) is 0. The van der Waals surface area contributed by atoms with Gasteiger partial charge in [0, 0.05) is 30.3 Å². The largest absolute Gasteiger partial charge is 0.255 e. The number of nitrogens with zero attached hydrogens (tertiary/aromatic N) is 3. The van der Waals surface area contributed by atoms with Crippen LogP contribution < -0.4 is 0 Å². The van der Waals surface area contributed by atoms with E-state index in [1.807, 2.05) is 13.2 Å². The highest BCUT2D eigenvalue weighted by atomic mass is 79.9. The molecule has 0 radical (unpaired) electrons. The van der Waals surface area contributed by atoms with Crippen molar-refractivity contribution in [3.05, 3.63) is 11.9 Å². The lowest BCUT2D eigenvalue weighted by Crippen LogP contribution is -2.23. The van der Waals surface area contributed by atoms with Crippen LogP contribution in [-0.2, 0) is 13.5 Å². The van der Waals surface area contributed by atoms with Crippen molar-refractivity contribution in [2.75, 3.05) is 10.7 Å². The van der Waals surface area contributed by atoms with Crippen LogP contribution in [0.4, 0.5) is 0 Å². The Morgan fingerprint density at radius 1 is 1.46 bits per heavy atom. The summed E-state index contributed by atoms with van der Waals surface area (Å²) in [5, 5.41) is 9.89. The molecular weight excluding hydrogens is 298 g/mol. The van der Waals surface area contributed by atoms with E-state index in [1.165, 1.54) is 0 Å². The van der Waals surface area contributed by atoms with Crippen LogP contribution in [0.25, 0.3) is 0 Å². The van der Waals surface area contributed by atoms with Crippen LogP contribution >= 0.6 is 31.9 Å². The summed E-state index contributed by atoms with van der Waals surface area (Å²) in [5.74, 6) is 0. The van der Waals surface area contributed by atoms with E-state index in [4.69, 9.17) is 0 Å². The molecule has 0 aliphatic heterocycles. The van der Waals surface area contributed by atoms with Crippen molar-refractivity contribution in [2.24, 2.45) is 12.5 Å². The van der Waals surface area contributed by atoms with Gasteiger partial charge in [-0.3, -0.25) is 4.68 Å². The van der Waals surface area contributed by atoms with Crippen molar-refractivity contribution in [1.82, 2.24) is 15.0 Å². The third-order valence-electron chi connectivity index (χ3n) is 1.90. The van der Waals surface area contributed by atoms with Gasteiger partial charge in [0.2, 0.25) is 0 Å². The Bertz CT molecular complexity index is 268. The predicted molar refractivity (Wildman–Crippen MR) is 60.4 cm³/mol. The first-order valence-corrected chi connectivity index (χ1v) is 6.31. The Kier molecular flexibility index (Phi) is 3.91. The van der Waals surface area contributed by atoms with Crippen LogP contribution in [0, 0.1) is 5.41 Å². The van der Waals surface area contributed by atoms with E-state index < -0.39 is 0 Å². The summed E-state index contributed by atoms with van der Waals surface area (Å²) < 4.78 is 1.73. The number of halogens is 2. The van der Waals surface area contributed by atoms with E-state index in [0.717, 1.165) is 22.8 Å². The molecule has 0 unspecified atom stereocenters. The van der Waals surface area contributed by atoms with E-state index in [1.54, 1.807) is 4.68 Å². The molecule has 13 heavy (non-hydrogen) atoms. The fourth-order valence-electron chi connectivity index (χ4n) is 1.04. The van der Waals surface area contributed by atoms with Crippen LogP contribution in [-0.4, -0.2) is 25.7 Å². The molecule has 0 aromatic carbocycles. The lowest BCUT2D eigenvalue weighted by molar-refractivity contribution is 0.433. The maximum Gasteiger partial charge on any atom is 0.0833 e. The molecule has 0 amide bonds. The minimum absolute atomic E-state index is 0.218. The average molecular weight is 311 g/mol. The molecule has 1 aromatic heterocycles. The van der Waals surface area contributed by atoms with E-state index in [9.17, 15) is 0 Å². The zero-order valence-corrected chi connectivity index (χ0v) is 11.0. The summed E-state index contributed by atoms with van der Waals surface area (Å²) in [6.45, 7) is 2.21. The highest BCUT2D eigenvalue weighted by molar-refractivity contribution is 9.09. The Labute approximate surface area is 95.2 Å². The summed E-state index contributed by atoms with van der Waals surface area (Å²) in [5.41, 5.74) is 1.26. The first-order chi connectivity index (χ1) is 6.09. The van der Waals surface area contributed by atoms with Gasteiger partial charge in [-0.15, -0.1) is 5.10 Å². The fourth-order valence-corrected chi connectivity index (χ4v) is 2.37. The lowest BCUT2D eigenvalue weighted by atomic mass is 9.91. The van der Waals surface area contributed by atoms with Gasteiger partial charge < -0.3 is 0 Å². The van der Waals surface area contributed by atoms with Crippen LogP contribution in [0.3, 0.4) is 0 Å². The molecule has 0 N–H and O–H groups in total. The van der Waals surface area contributed by atoms with Gasteiger partial charge in [0.05, 0.1) is 5.69 Å². The van der Waals surface area contributed by atoms with Crippen molar-refractivity contribution in [3.8, 4) is 0 Å². The molecule has 0 aliphatic carbocycles. The molecule has 0 saturated carbocycles. The first kappa shape index (κ1) is 11.2. The van der Waals surface area contributed by atoms with Crippen molar-refractivity contribution >= 4 is 31.9 Å². The predicted octanol–water partition coefficient (Wildman–Crippen LogP) is 2.15. The molecule has 5 heteroatoms. The van der Waals surface area contributed by atoms with E-state index in [2.05, 4.69) is 49.1 Å². The molecule has 74 valence electrons. The summed E-state index contributed by atoms with van der Waals surface area (Å²) >= 11 is 7.02. The summed E-state index contributed by atoms with van der Waals surface area (Å²) in [4.78, 5) is 0. The molecule has 0 spiro atoms. The fraction of sp³-hybridized carbons (Fsp3) is 0.750. The second kappa shape index (κ2) is 4.55. The molecule has 1 aromatic rings. The van der Waals surface area contributed by atoms with Gasteiger partial charge in [-0.1, -0.05) is 44.0 Å². The molecule has 1 rings (SSSR count). The molecule has 0 atom stereocenters. The lowest BCUT2D eigenvalue weighted by Gasteiger charge is -2.22. The standard InChI is InChI=1S/C8H13Br2N3/c1-8(5-9,6-10)3-7-4-13(2)12-11-7/h4H,3,5-6H2,1-2H3. The van der Waals surface area contributed by atoms with E-state index in [-0.39, 0.29) is 5.41 Å². The second-order valence-corrected chi connectivity index (χ2v) is 4.76. The van der Waals surface area contributed by atoms with E-state index >= 15 is 0 Å². The highest BCUT2D eigenvalue weighted by Crippen LogP contribution is 2.26. The third kappa shape index (κ3) is 3.06. The minimum Gasteiger partial charge on any atom is -0.255 e. The zero-order chi connectivity index (χ0) is 9.90. The van der Waals surface area contributed by atoms with Gasteiger partial charge in [0.15, 0.2) is 0 Å². The van der Waals surface area contributed by atoms with Crippen LogP contribution in [0.15, 0.2) is 6.20 Å². The average Bonchev–Trinajstić information content (AvgIpc) is 2.51. The quantitative estimate of drug-likeness (QED) is 0.798. The Balaban J connectivity index is 2.67. The smallest absolute Gasteiger partial charge is 0.0833 e.